The molecule has 1 amide bonds. The van der Waals surface area contributed by atoms with Gasteiger partial charge in [-0.2, -0.15) is 0 Å². The number of anilines is 1. The van der Waals surface area contributed by atoms with Crippen molar-refractivity contribution >= 4 is 28.9 Å². The highest BCUT2D eigenvalue weighted by atomic mass is 32.1. The van der Waals surface area contributed by atoms with Gasteiger partial charge in [-0.3, -0.25) is 4.79 Å². The van der Waals surface area contributed by atoms with Crippen LogP contribution in [0.2, 0.25) is 0 Å². The van der Waals surface area contributed by atoms with Gasteiger partial charge in [-0.1, -0.05) is 24.3 Å². The van der Waals surface area contributed by atoms with Gasteiger partial charge in [-0.25, -0.2) is 0 Å². The van der Waals surface area contributed by atoms with Crippen molar-refractivity contribution in [1.82, 2.24) is 10.2 Å². The lowest BCUT2D eigenvalue weighted by Crippen LogP contribution is -2.28. The van der Waals surface area contributed by atoms with E-state index in [9.17, 15) is 4.79 Å². The van der Waals surface area contributed by atoms with Gasteiger partial charge in [0, 0.05) is 31.9 Å². The van der Waals surface area contributed by atoms with Crippen LogP contribution < -0.4 is 10.6 Å². The van der Waals surface area contributed by atoms with E-state index >= 15 is 0 Å². The summed E-state index contributed by atoms with van der Waals surface area (Å²) in [5.74, 6) is -0.0168. The van der Waals surface area contributed by atoms with Crippen molar-refractivity contribution < 1.29 is 4.79 Å². The number of carbonyl (C=O) groups is 1. The van der Waals surface area contributed by atoms with Crippen molar-refractivity contribution in [3.05, 3.63) is 65.2 Å². The summed E-state index contributed by atoms with van der Waals surface area (Å²) in [5, 5.41) is 6.87. The SMILES string of the molecule is Cc1ccccc1CNC(=S)Nc1ccc(C(=O)N(C)C)cc1. The molecular formula is C18H21N3OS. The summed E-state index contributed by atoms with van der Waals surface area (Å²) >= 11 is 5.31. The van der Waals surface area contributed by atoms with E-state index in [1.807, 2.05) is 24.3 Å². The normalized spacial score (nSPS) is 10.0. The fourth-order valence-corrected chi connectivity index (χ4v) is 2.30. The second kappa shape index (κ2) is 7.74. The van der Waals surface area contributed by atoms with E-state index in [0.717, 1.165) is 5.69 Å². The molecule has 5 heteroatoms. The van der Waals surface area contributed by atoms with E-state index in [4.69, 9.17) is 12.2 Å². The molecule has 0 fully saturated rings. The molecular weight excluding hydrogens is 306 g/mol. The van der Waals surface area contributed by atoms with Gasteiger partial charge in [0.1, 0.15) is 0 Å². The molecule has 2 rings (SSSR count). The molecule has 0 spiro atoms. The van der Waals surface area contributed by atoms with Gasteiger partial charge in [0.25, 0.3) is 5.91 Å². The first-order chi connectivity index (χ1) is 11.0. The van der Waals surface area contributed by atoms with E-state index in [0.29, 0.717) is 17.2 Å². The van der Waals surface area contributed by atoms with Gasteiger partial charge >= 0.3 is 0 Å². The molecule has 23 heavy (non-hydrogen) atoms. The number of nitrogens with one attached hydrogen (secondary N) is 2. The van der Waals surface area contributed by atoms with Crippen LogP contribution in [0.1, 0.15) is 21.5 Å². The molecule has 0 radical (unpaired) electrons. The largest absolute Gasteiger partial charge is 0.358 e. The van der Waals surface area contributed by atoms with Crippen molar-refractivity contribution in [2.45, 2.75) is 13.5 Å². The average molecular weight is 327 g/mol. The van der Waals surface area contributed by atoms with Gasteiger partial charge in [0.15, 0.2) is 5.11 Å². The average Bonchev–Trinajstić information content (AvgIpc) is 2.54. The number of carbonyl (C=O) groups excluding carboxylic acids is 1. The van der Waals surface area contributed by atoms with Crippen molar-refractivity contribution in [3.63, 3.8) is 0 Å². The van der Waals surface area contributed by atoms with E-state index in [2.05, 4.69) is 29.7 Å². The second-order valence-electron chi connectivity index (χ2n) is 5.51. The van der Waals surface area contributed by atoms with Crippen LogP contribution in [-0.2, 0) is 6.54 Å². The summed E-state index contributed by atoms with van der Waals surface area (Å²) in [6.45, 7) is 2.75. The highest BCUT2D eigenvalue weighted by Crippen LogP contribution is 2.11. The zero-order valence-electron chi connectivity index (χ0n) is 13.6. The van der Waals surface area contributed by atoms with Gasteiger partial charge < -0.3 is 15.5 Å². The molecule has 0 bridgehead atoms. The van der Waals surface area contributed by atoms with Crippen molar-refractivity contribution in [3.8, 4) is 0 Å². The molecule has 0 aromatic heterocycles. The maximum atomic E-state index is 11.8. The minimum Gasteiger partial charge on any atom is -0.358 e. The topological polar surface area (TPSA) is 44.4 Å². The Bertz CT molecular complexity index is 696. The smallest absolute Gasteiger partial charge is 0.253 e. The van der Waals surface area contributed by atoms with Crippen LogP contribution in [0.15, 0.2) is 48.5 Å². The third-order valence-corrected chi connectivity index (χ3v) is 3.74. The Morgan fingerprint density at radius 2 is 1.74 bits per heavy atom. The number of hydrogen-bond donors (Lipinski definition) is 2. The predicted octanol–water partition coefficient (Wildman–Crippen LogP) is 3.18. The Labute approximate surface area is 142 Å². The Hall–Kier alpha value is -2.40. The summed E-state index contributed by atoms with van der Waals surface area (Å²) in [7, 11) is 3.47. The molecule has 0 heterocycles. The summed E-state index contributed by atoms with van der Waals surface area (Å²) in [4.78, 5) is 13.4. The molecule has 0 saturated carbocycles. The zero-order valence-corrected chi connectivity index (χ0v) is 14.4. The fourth-order valence-electron chi connectivity index (χ4n) is 2.11. The number of aryl methyl sites for hydroxylation is 1. The standard InChI is InChI=1S/C18H21N3OS/c1-13-6-4-5-7-15(13)12-19-18(23)20-16-10-8-14(9-11-16)17(22)21(2)3/h4-11H,12H2,1-3H3,(H2,19,20,23). The van der Waals surface area contributed by atoms with Gasteiger partial charge in [-0.05, 0) is 54.5 Å². The number of thiocarbonyl (C=S) groups is 1. The quantitative estimate of drug-likeness (QED) is 0.847. The first-order valence-corrected chi connectivity index (χ1v) is 7.79. The summed E-state index contributed by atoms with van der Waals surface area (Å²) in [6.07, 6.45) is 0. The molecule has 4 nitrogen and oxygen atoms in total. The Morgan fingerprint density at radius 1 is 1.09 bits per heavy atom. The Kier molecular flexibility index (Phi) is 5.71. The highest BCUT2D eigenvalue weighted by molar-refractivity contribution is 7.80. The van der Waals surface area contributed by atoms with Crippen molar-refractivity contribution in [2.24, 2.45) is 0 Å². The molecule has 2 N–H and O–H groups in total. The van der Waals surface area contributed by atoms with Crippen LogP contribution in [0, 0.1) is 6.92 Å². The van der Waals surface area contributed by atoms with E-state index in [1.54, 1.807) is 31.1 Å². The van der Waals surface area contributed by atoms with E-state index in [1.165, 1.54) is 11.1 Å². The predicted molar refractivity (Wildman–Crippen MR) is 98.7 cm³/mol. The minimum atomic E-state index is -0.0168. The molecule has 0 aliphatic carbocycles. The molecule has 0 atom stereocenters. The number of rotatable bonds is 4. The lowest BCUT2D eigenvalue weighted by Gasteiger charge is -2.13. The van der Waals surface area contributed by atoms with Crippen molar-refractivity contribution in [2.75, 3.05) is 19.4 Å². The van der Waals surface area contributed by atoms with Gasteiger partial charge in [0.05, 0.1) is 0 Å². The van der Waals surface area contributed by atoms with Crippen LogP contribution in [0.4, 0.5) is 5.69 Å². The maximum Gasteiger partial charge on any atom is 0.253 e. The van der Waals surface area contributed by atoms with Crippen LogP contribution in [0.5, 0.6) is 0 Å². The zero-order chi connectivity index (χ0) is 16.8. The minimum absolute atomic E-state index is 0.0168. The first kappa shape index (κ1) is 17.0. The third kappa shape index (κ3) is 4.79. The molecule has 120 valence electrons. The van der Waals surface area contributed by atoms with Gasteiger partial charge in [0.2, 0.25) is 0 Å². The summed E-state index contributed by atoms with van der Waals surface area (Å²) < 4.78 is 0. The first-order valence-electron chi connectivity index (χ1n) is 7.38. The molecule has 2 aromatic carbocycles. The Balaban J connectivity index is 1.90. The van der Waals surface area contributed by atoms with Crippen LogP contribution >= 0.6 is 12.2 Å². The summed E-state index contributed by atoms with van der Waals surface area (Å²) in [6, 6.07) is 15.5. The Morgan fingerprint density at radius 3 is 2.35 bits per heavy atom. The molecule has 0 saturated heterocycles. The number of benzene rings is 2. The highest BCUT2D eigenvalue weighted by Gasteiger charge is 2.07. The molecule has 0 aliphatic rings. The molecule has 0 aliphatic heterocycles. The van der Waals surface area contributed by atoms with Crippen molar-refractivity contribution in [1.29, 1.82) is 0 Å². The number of nitrogens with zero attached hydrogens (tertiary/aromatic N) is 1. The monoisotopic (exact) mass is 327 g/mol. The van der Waals surface area contributed by atoms with Crippen LogP contribution in [0.25, 0.3) is 0 Å². The number of amides is 1. The number of hydrogen-bond acceptors (Lipinski definition) is 2. The summed E-state index contributed by atoms with van der Waals surface area (Å²) in [5.41, 5.74) is 3.94. The van der Waals surface area contributed by atoms with E-state index in [-0.39, 0.29) is 5.91 Å². The lowest BCUT2D eigenvalue weighted by atomic mass is 10.1. The maximum absolute atomic E-state index is 11.8. The third-order valence-electron chi connectivity index (χ3n) is 3.50. The van der Waals surface area contributed by atoms with E-state index < -0.39 is 0 Å². The lowest BCUT2D eigenvalue weighted by molar-refractivity contribution is 0.0827. The second-order valence-corrected chi connectivity index (χ2v) is 5.92. The van der Waals surface area contributed by atoms with Crippen LogP contribution in [-0.4, -0.2) is 30.0 Å². The fraction of sp³-hybridized carbons (Fsp3) is 0.222. The molecule has 0 unspecified atom stereocenters. The van der Waals surface area contributed by atoms with Crippen LogP contribution in [0.3, 0.4) is 0 Å². The molecule has 2 aromatic rings. The van der Waals surface area contributed by atoms with Gasteiger partial charge in [-0.15, -0.1) is 0 Å².